The first-order valence-electron chi connectivity index (χ1n) is 7.55. The molecule has 0 saturated carbocycles. The van der Waals surface area contributed by atoms with Crippen molar-refractivity contribution in [2.75, 3.05) is 5.73 Å². The van der Waals surface area contributed by atoms with Crippen LogP contribution in [0.25, 0.3) is 21.7 Å². The summed E-state index contributed by atoms with van der Waals surface area (Å²) in [6, 6.07) is 24.0. The van der Waals surface area contributed by atoms with Crippen molar-refractivity contribution in [1.29, 1.82) is 0 Å². The minimum atomic E-state index is 0.443. The summed E-state index contributed by atoms with van der Waals surface area (Å²) in [4.78, 5) is 4.62. The van der Waals surface area contributed by atoms with Gasteiger partial charge < -0.3 is 10.5 Å². The number of nitrogens with two attached hydrogens (primary N) is 1. The third kappa shape index (κ3) is 2.69. The van der Waals surface area contributed by atoms with Crippen LogP contribution in [0.1, 0.15) is 5.69 Å². The SMILES string of the molecule is Nc1cccc2cc(OCc3ccc4ccccc4n3)ccc12. The molecule has 3 nitrogen and oxygen atoms in total. The average molecular weight is 300 g/mol. The number of nitrogen functional groups attached to an aromatic ring is 1. The minimum absolute atomic E-state index is 0.443. The van der Waals surface area contributed by atoms with E-state index in [2.05, 4.69) is 17.1 Å². The van der Waals surface area contributed by atoms with Gasteiger partial charge in [0.05, 0.1) is 11.2 Å². The number of para-hydroxylation sites is 1. The molecule has 112 valence electrons. The lowest BCUT2D eigenvalue weighted by atomic mass is 10.1. The highest BCUT2D eigenvalue weighted by atomic mass is 16.5. The molecule has 0 amide bonds. The molecule has 2 N–H and O–H groups in total. The second kappa shape index (κ2) is 5.61. The number of rotatable bonds is 3. The molecular formula is C20H16N2O. The van der Waals surface area contributed by atoms with Gasteiger partial charge in [-0.1, -0.05) is 36.4 Å². The Morgan fingerprint density at radius 2 is 1.70 bits per heavy atom. The van der Waals surface area contributed by atoms with Crippen molar-refractivity contribution < 1.29 is 4.74 Å². The maximum atomic E-state index is 5.97. The van der Waals surface area contributed by atoms with E-state index in [0.717, 1.165) is 38.8 Å². The highest BCUT2D eigenvalue weighted by Gasteiger charge is 2.02. The number of nitrogens with zero attached hydrogens (tertiary/aromatic N) is 1. The van der Waals surface area contributed by atoms with Crippen molar-refractivity contribution in [3.05, 3.63) is 78.5 Å². The van der Waals surface area contributed by atoms with E-state index in [4.69, 9.17) is 10.5 Å². The van der Waals surface area contributed by atoms with Gasteiger partial charge in [0.2, 0.25) is 0 Å². The topological polar surface area (TPSA) is 48.1 Å². The van der Waals surface area contributed by atoms with Gasteiger partial charge in [-0.15, -0.1) is 0 Å². The second-order valence-electron chi connectivity index (χ2n) is 5.51. The first-order chi connectivity index (χ1) is 11.3. The Kier molecular flexibility index (Phi) is 3.31. The van der Waals surface area contributed by atoms with Gasteiger partial charge in [-0.2, -0.15) is 0 Å². The van der Waals surface area contributed by atoms with Gasteiger partial charge >= 0.3 is 0 Å². The van der Waals surface area contributed by atoms with Crippen LogP contribution in [0, 0.1) is 0 Å². The summed E-state index contributed by atoms with van der Waals surface area (Å²) in [5.41, 5.74) is 8.66. The van der Waals surface area contributed by atoms with E-state index in [-0.39, 0.29) is 0 Å². The van der Waals surface area contributed by atoms with Crippen LogP contribution in [0.4, 0.5) is 5.69 Å². The number of hydrogen-bond donors (Lipinski definition) is 1. The lowest BCUT2D eigenvalue weighted by molar-refractivity contribution is 0.302. The molecule has 0 aliphatic heterocycles. The van der Waals surface area contributed by atoms with E-state index in [1.807, 2.05) is 60.7 Å². The van der Waals surface area contributed by atoms with Crippen LogP contribution in [0.3, 0.4) is 0 Å². The van der Waals surface area contributed by atoms with Gasteiger partial charge in [0.15, 0.2) is 0 Å². The molecule has 1 aromatic heterocycles. The number of anilines is 1. The number of pyridine rings is 1. The molecule has 3 heteroatoms. The highest BCUT2D eigenvalue weighted by Crippen LogP contribution is 2.25. The zero-order chi connectivity index (χ0) is 15.6. The summed E-state index contributed by atoms with van der Waals surface area (Å²) in [5.74, 6) is 0.818. The van der Waals surface area contributed by atoms with Crippen molar-refractivity contribution in [1.82, 2.24) is 4.98 Å². The summed E-state index contributed by atoms with van der Waals surface area (Å²) in [6.07, 6.45) is 0. The Balaban J connectivity index is 1.58. The van der Waals surface area contributed by atoms with E-state index in [0.29, 0.717) is 6.61 Å². The van der Waals surface area contributed by atoms with Gasteiger partial charge in [0, 0.05) is 16.5 Å². The monoisotopic (exact) mass is 300 g/mol. The second-order valence-corrected chi connectivity index (χ2v) is 5.51. The maximum Gasteiger partial charge on any atom is 0.130 e. The van der Waals surface area contributed by atoms with Crippen LogP contribution >= 0.6 is 0 Å². The summed E-state index contributed by atoms with van der Waals surface area (Å²) in [6.45, 7) is 0.443. The molecule has 0 fully saturated rings. The van der Waals surface area contributed by atoms with E-state index < -0.39 is 0 Å². The molecule has 4 aromatic rings. The standard InChI is InChI=1S/C20H16N2O/c21-19-6-3-5-15-12-17(10-11-18(15)19)23-13-16-9-8-14-4-1-2-7-20(14)22-16/h1-12H,13,21H2. The van der Waals surface area contributed by atoms with Gasteiger partial charge in [0.1, 0.15) is 12.4 Å². The zero-order valence-corrected chi connectivity index (χ0v) is 12.6. The molecule has 23 heavy (non-hydrogen) atoms. The predicted molar refractivity (Wildman–Crippen MR) is 94.4 cm³/mol. The number of aromatic nitrogens is 1. The van der Waals surface area contributed by atoms with Crippen molar-refractivity contribution in [2.24, 2.45) is 0 Å². The molecule has 0 bridgehead atoms. The van der Waals surface area contributed by atoms with E-state index in [9.17, 15) is 0 Å². The van der Waals surface area contributed by atoms with Crippen LogP contribution in [-0.4, -0.2) is 4.98 Å². The Morgan fingerprint density at radius 3 is 2.65 bits per heavy atom. The number of hydrogen-bond acceptors (Lipinski definition) is 3. The lowest BCUT2D eigenvalue weighted by Gasteiger charge is -2.08. The first-order valence-corrected chi connectivity index (χ1v) is 7.55. The Labute approximate surface area is 134 Å². The fraction of sp³-hybridized carbons (Fsp3) is 0.0500. The van der Waals surface area contributed by atoms with Gasteiger partial charge in [-0.3, -0.25) is 0 Å². The molecular weight excluding hydrogens is 284 g/mol. The number of benzene rings is 3. The fourth-order valence-corrected chi connectivity index (χ4v) is 2.72. The Bertz CT molecular complexity index is 995. The highest BCUT2D eigenvalue weighted by molar-refractivity contribution is 5.93. The van der Waals surface area contributed by atoms with E-state index in [1.54, 1.807) is 0 Å². The largest absolute Gasteiger partial charge is 0.487 e. The smallest absolute Gasteiger partial charge is 0.130 e. The van der Waals surface area contributed by atoms with Crippen LogP contribution in [0.15, 0.2) is 72.8 Å². The van der Waals surface area contributed by atoms with E-state index >= 15 is 0 Å². The van der Waals surface area contributed by atoms with Crippen molar-refractivity contribution in [3.8, 4) is 5.75 Å². The molecule has 0 radical (unpaired) electrons. The fourth-order valence-electron chi connectivity index (χ4n) is 2.72. The summed E-state index contributed by atoms with van der Waals surface area (Å²) >= 11 is 0. The number of fused-ring (bicyclic) bond motifs is 2. The van der Waals surface area contributed by atoms with Crippen molar-refractivity contribution >= 4 is 27.4 Å². The van der Waals surface area contributed by atoms with Crippen LogP contribution in [-0.2, 0) is 6.61 Å². The number of ether oxygens (including phenoxy) is 1. The van der Waals surface area contributed by atoms with E-state index in [1.165, 1.54) is 0 Å². The van der Waals surface area contributed by atoms with Gasteiger partial charge in [0.25, 0.3) is 0 Å². The molecule has 0 atom stereocenters. The Morgan fingerprint density at radius 1 is 0.826 bits per heavy atom. The Hall–Kier alpha value is -3.07. The molecule has 1 heterocycles. The van der Waals surface area contributed by atoms with Crippen LogP contribution < -0.4 is 10.5 Å². The van der Waals surface area contributed by atoms with Crippen molar-refractivity contribution in [3.63, 3.8) is 0 Å². The maximum absolute atomic E-state index is 5.97. The van der Waals surface area contributed by atoms with Gasteiger partial charge in [-0.25, -0.2) is 4.98 Å². The molecule has 4 rings (SSSR count). The first kappa shape index (κ1) is 13.6. The normalized spacial score (nSPS) is 11.0. The van der Waals surface area contributed by atoms with Crippen LogP contribution in [0.2, 0.25) is 0 Å². The predicted octanol–water partition coefficient (Wildman–Crippen LogP) is 4.55. The molecule has 0 spiro atoms. The third-order valence-electron chi connectivity index (χ3n) is 3.93. The lowest BCUT2D eigenvalue weighted by Crippen LogP contribution is -1.98. The summed E-state index contributed by atoms with van der Waals surface area (Å²) < 4.78 is 5.89. The minimum Gasteiger partial charge on any atom is -0.487 e. The average Bonchev–Trinajstić information content (AvgIpc) is 2.60. The molecule has 0 aliphatic rings. The van der Waals surface area contributed by atoms with Gasteiger partial charge in [-0.05, 0) is 41.8 Å². The van der Waals surface area contributed by atoms with Crippen LogP contribution in [0.5, 0.6) is 5.75 Å². The molecule has 0 unspecified atom stereocenters. The van der Waals surface area contributed by atoms with Crippen molar-refractivity contribution in [2.45, 2.75) is 6.61 Å². The summed E-state index contributed by atoms with van der Waals surface area (Å²) in [7, 11) is 0. The molecule has 3 aromatic carbocycles. The zero-order valence-electron chi connectivity index (χ0n) is 12.6. The third-order valence-corrected chi connectivity index (χ3v) is 3.93. The molecule has 0 saturated heterocycles. The molecule has 0 aliphatic carbocycles. The summed E-state index contributed by atoms with van der Waals surface area (Å²) in [5, 5.41) is 3.26. The quantitative estimate of drug-likeness (QED) is 0.565.